The molecule has 88 valence electrons. The molecule has 0 bridgehead atoms. The minimum atomic E-state index is -4.59. The molecular weight excluding hydrogens is 226 g/mol. The Kier molecular flexibility index (Phi) is 3.51. The Morgan fingerprint density at radius 2 is 1.88 bits per heavy atom. The molecule has 0 radical (unpaired) electrons. The molecule has 1 aromatic carbocycles. The van der Waals surface area contributed by atoms with Crippen LogP contribution in [0, 0.1) is 5.82 Å². The minimum Gasteiger partial charge on any atom is -0.313 e. The van der Waals surface area contributed by atoms with Gasteiger partial charge < -0.3 is 4.90 Å². The highest BCUT2D eigenvalue weighted by molar-refractivity contribution is 5.93. The van der Waals surface area contributed by atoms with E-state index >= 15 is 0 Å². The second kappa shape index (κ2) is 4.51. The van der Waals surface area contributed by atoms with E-state index in [4.69, 9.17) is 0 Å². The molecule has 16 heavy (non-hydrogen) atoms. The second-order valence-corrected chi connectivity index (χ2v) is 3.20. The molecule has 0 saturated carbocycles. The Labute approximate surface area is 89.5 Å². The molecule has 0 unspecified atom stereocenters. The fourth-order valence-electron chi connectivity index (χ4n) is 1.15. The Balaban J connectivity index is 2.83. The van der Waals surface area contributed by atoms with Crippen LogP contribution in [0.3, 0.4) is 0 Å². The predicted octanol–water partition coefficient (Wildman–Crippen LogP) is 2.74. The lowest BCUT2D eigenvalue weighted by molar-refractivity contribution is -0.151. The van der Waals surface area contributed by atoms with Crippen LogP contribution in [0.4, 0.5) is 23.2 Å². The van der Waals surface area contributed by atoms with Crippen LogP contribution in [-0.2, 0) is 4.79 Å². The summed E-state index contributed by atoms with van der Waals surface area (Å²) in [6, 6.07) is 5.15. The van der Waals surface area contributed by atoms with Crippen molar-refractivity contribution >= 4 is 11.6 Å². The monoisotopic (exact) mass is 235 g/mol. The Hall–Kier alpha value is -1.59. The standard InChI is InChI=1S/C10H9F4NO/c1-15(9(16)6-10(12,13)14)8-5-3-2-4-7(8)11/h2-5H,6H2,1H3. The van der Waals surface area contributed by atoms with Gasteiger partial charge >= 0.3 is 6.18 Å². The number of benzene rings is 1. The molecule has 0 aromatic heterocycles. The fourth-order valence-corrected chi connectivity index (χ4v) is 1.15. The zero-order chi connectivity index (χ0) is 12.3. The van der Waals surface area contributed by atoms with Gasteiger partial charge in [-0.3, -0.25) is 4.79 Å². The molecule has 0 N–H and O–H groups in total. The average molecular weight is 235 g/mol. The first-order valence-corrected chi connectivity index (χ1v) is 4.39. The number of rotatable bonds is 2. The van der Waals surface area contributed by atoms with E-state index in [9.17, 15) is 22.4 Å². The van der Waals surface area contributed by atoms with Crippen LogP contribution < -0.4 is 4.90 Å². The van der Waals surface area contributed by atoms with Gasteiger partial charge in [-0.2, -0.15) is 13.2 Å². The highest BCUT2D eigenvalue weighted by atomic mass is 19.4. The summed E-state index contributed by atoms with van der Waals surface area (Å²) in [5.41, 5.74) is -0.170. The normalized spacial score (nSPS) is 11.3. The van der Waals surface area contributed by atoms with Crippen molar-refractivity contribution in [1.29, 1.82) is 0 Å². The van der Waals surface area contributed by atoms with Crippen molar-refractivity contribution in [3.63, 3.8) is 0 Å². The van der Waals surface area contributed by atoms with Crippen molar-refractivity contribution in [1.82, 2.24) is 0 Å². The quantitative estimate of drug-likeness (QED) is 0.722. The van der Waals surface area contributed by atoms with Gasteiger partial charge in [-0.25, -0.2) is 4.39 Å². The van der Waals surface area contributed by atoms with Crippen LogP contribution in [0.25, 0.3) is 0 Å². The molecule has 0 spiro atoms. The number of nitrogens with zero attached hydrogens (tertiary/aromatic N) is 1. The summed E-state index contributed by atoms with van der Waals surface area (Å²) in [7, 11) is 1.10. The molecule has 0 aliphatic rings. The molecule has 1 amide bonds. The summed E-state index contributed by atoms with van der Waals surface area (Å²) >= 11 is 0. The lowest BCUT2D eigenvalue weighted by Gasteiger charge is -2.18. The topological polar surface area (TPSA) is 20.3 Å². The SMILES string of the molecule is CN(C(=O)CC(F)(F)F)c1ccccc1F. The zero-order valence-electron chi connectivity index (χ0n) is 8.38. The van der Waals surface area contributed by atoms with Crippen LogP contribution in [0.2, 0.25) is 0 Å². The number of carbonyl (C=O) groups is 1. The van der Waals surface area contributed by atoms with Gasteiger partial charge in [-0.05, 0) is 12.1 Å². The third-order valence-corrected chi connectivity index (χ3v) is 1.94. The van der Waals surface area contributed by atoms with Gasteiger partial charge in [0.15, 0.2) is 0 Å². The Morgan fingerprint density at radius 1 is 1.31 bits per heavy atom. The molecule has 6 heteroatoms. The number of alkyl halides is 3. The second-order valence-electron chi connectivity index (χ2n) is 3.20. The summed E-state index contributed by atoms with van der Waals surface area (Å²) in [5, 5.41) is 0. The maximum Gasteiger partial charge on any atom is 0.397 e. The predicted molar refractivity (Wildman–Crippen MR) is 50.5 cm³/mol. The third kappa shape index (κ3) is 3.22. The van der Waals surface area contributed by atoms with Gasteiger partial charge in [0.05, 0.1) is 5.69 Å². The number of halogens is 4. The van der Waals surface area contributed by atoms with Gasteiger partial charge in [0.25, 0.3) is 0 Å². The number of para-hydroxylation sites is 1. The maximum absolute atomic E-state index is 13.2. The van der Waals surface area contributed by atoms with Gasteiger partial charge in [0, 0.05) is 7.05 Å². The molecule has 0 aliphatic heterocycles. The van der Waals surface area contributed by atoms with E-state index in [1.165, 1.54) is 18.2 Å². The summed E-state index contributed by atoms with van der Waals surface area (Å²) in [4.78, 5) is 11.8. The summed E-state index contributed by atoms with van der Waals surface area (Å²) in [6.07, 6.45) is -6.19. The van der Waals surface area contributed by atoms with Crippen molar-refractivity contribution in [2.75, 3.05) is 11.9 Å². The lowest BCUT2D eigenvalue weighted by atomic mass is 10.2. The number of amides is 1. The van der Waals surface area contributed by atoms with E-state index in [0.29, 0.717) is 4.90 Å². The highest BCUT2D eigenvalue weighted by Gasteiger charge is 2.33. The molecule has 0 saturated heterocycles. The van der Waals surface area contributed by atoms with Crippen LogP contribution in [0.1, 0.15) is 6.42 Å². The van der Waals surface area contributed by atoms with Crippen molar-refractivity contribution < 1.29 is 22.4 Å². The first-order chi connectivity index (χ1) is 7.31. The van der Waals surface area contributed by atoms with Crippen molar-refractivity contribution in [2.45, 2.75) is 12.6 Å². The molecule has 0 aliphatic carbocycles. The van der Waals surface area contributed by atoms with E-state index in [1.807, 2.05) is 0 Å². The summed E-state index contributed by atoms with van der Waals surface area (Å²) in [6.45, 7) is 0. The van der Waals surface area contributed by atoms with E-state index in [2.05, 4.69) is 0 Å². The first-order valence-electron chi connectivity index (χ1n) is 4.39. The smallest absolute Gasteiger partial charge is 0.313 e. The number of hydrogen-bond donors (Lipinski definition) is 0. The van der Waals surface area contributed by atoms with Gasteiger partial charge in [0.2, 0.25) is 5.91 Å². The van der Waals surface area contributed by atoms with Crippen molar-refractivity contribution in [2.24, 2.45) is 0 Å². The number of anilines is 1. The fraction of sp³-hybridized carbons (Fsp3) is 0.300. The molecule has 0 heterocycles. The van der Waals surface area contributed by atoms with Crippen molar-refractivity contribution in [3.8, 4) is 0 Å². The van der Waals surface area contributed by atoms with E-state index in [0.717, 1.165) is 13.1 Å². The summed E-state index contributed by atoms with van der Waals surface area (Å²) in [5.74, 6) is -1.93. The highest BCUT2D eigenvalue weighted by Crippen LogP contribution is 2.23. The van der Waals surface area contributed by atoms with E-state index < -0.39 is 24.3 Å². The van der Waals surface area contributed by atoms with Crippen LogP contribution in [0.15, 0.2) is 24.3 Å². The Bertz CT molecular complexity index is 389. The van der Waals surface area contributed by atoms with Gasteiger partial charge in [-0.1, -0.05) is 12.1 Å². The van der Waals surface area contributed by atoms with Crippen LogP contribution in [-0.4, -0.2) is 19.1 Å². The van der Waals surface area contributed by atoms with Crippen LogP contribution in [0.5, 0.6) is 0 Å². The molecule has 0 atom stereocenters. The number of hydrogen-bond acceptors (Lipinski definition) is 1. The third-order valence-electron chi connectivity index (χ3n) is 1.94. The maximum atomic E-state index is 13.2. The number of carbonyl (C=O) groups excluding carboxylic acids is 1. The minimum absolute atomic E-state index is 0.170. The molecule has 2 nitrogen and oxygen atoms in total. The molecule has 1 aromatic rings. The van der Waals surface area contributed by atoms with Crippen molar-refractivity contribution in [3.05, 3.63) is 30.1 Å². The lowest BCUT2D eigenvalue weighted by Crippen LogP contribution is -2.31. The molecule has 0 fully saturated rings. The largest absolute Gasteiger partial charge is 0.397 e. The van der Waals surface area contributed by atoms with Gasteiger partial charge in [0.1, 0.15) is 12.2 Å². The van der Waals surface area contributed by atoms with Crippen LogP contribution >= 0.6 is 0 Å². The first kappa shape index (κ1) is 12.5. The molecule has 1 rings (SSSR count). The Morgan fingerprint density at radius 3 is 2.38 bits per heavy atom. The van der Waals surface area contributed by atoms with E-state index in [-0.39, 0.29) is 5.69 Å². The van der Waals surface area contributed by atoms with E-state index in [1.54, 1.807) is 0 Å². The van der Waals surface area contributed by atoms with Gasteiger partial charge in [-0.15, -0.1) is 0 Å². The summed E-state index contributed by atoms with van der Waals surface area (Å²) < 4.78 is 49.0. The zero-order valence-corrected chi connectivity index (χ0v) is 8.38. The average Bonchev–Trinajstić information content (AvgIpc) is 2.15. The molecular formula is C10H9F4NO.